The summed E-state index contributed by atoms with van der Waals surface area (Å²) in [6.07, 6.45) is 1.62. The molecule has 0 aliphatic heterocycles. The lowest BCUT2D eigenvalue weighted by atomic mass is 10.2. The largest absolute Gasteiger partial charge is 0.339 e. The first-order chi connectivity index (χ1) is 11.7. The number of benzene rings is 2. The SMILES string of the molecule is O=C(CCCc1nc(-c2ccccc2)no1)Nc1cccc(Br)c1. The maximum Gasteiger partial charge on any atom is 0.226 e. The molecule has 1 aromatic heterocycles. The zero-order valence-corrected chi connectivity index (χ0v) is 14.5. The molecular weight excluding hydrogens is 370 g/mol. The van der Waals surface area contributed by atoms with Crippen molar-refractivity contribution in [3.8, 4) is 11.4 Å². The summed E-state index contributed by atoms with van der Waals surface area (Å²) in [6.45, 7) is 0. The van der Waals surface area contributed by atoms with Crippen LogP contribution in [0.15, 0.2) is 63.6 Å². The van der Waals surface area contributed by atoms with Crippen LogP contribution in [0.1, 0.15) is 18.7 Å². The molecule has 0 radical (unpaired) electrons. The Kier molecular flexibility index (Phi) is 5.38. The van der Waals surface area contributed by atoms with Crippen LogP contribution in [0.3, 0.4) is 0 Å². The highest BCUT2D eigenvalue weighted by Gasteiger charge is 2.09. The smallest absolute Gasteiger partial charge is 0.226 e. The van der Waals surface area contributed by atoms with Gasteiger partial charge in [0.05, 0.1) is 0 Å². The van der Waals surface area contributed by atoms with Crippen molar-refractivity contribution in [1.29, 1.82) is 0 Å². The molecule has 0 saturated heterocycles. The van der Waals surface area contributed by atoms with Crippen LogP contribution in [-0.4, -0.2) is 16.0 Å². The van der Waals surface area contributed by atoms with Gasteiger partial charge in [0, 0.05) is 28.6 Å². The normalized spacial score (nSPS) is 10.5. The highest BCUT2D eigenvalue weighted by atomic mass is 79.9. The number of anilines is 1. The summed E-state index contributed by atoms with van der Waals surface area (Å²) in [7, 11) is 0. The molecule has 0 aliphatic rings. The third-order valence-electron chi connectivity index (χ3n) is 3.40. The molecule has 5 nitrogen and oxygen atoms in total. The van der Waals surface area contributed by atoms with Crippen LogP contribution in [0.25, 0.3) is 11.4 Å². The fourth-order valence-corrected chi connectivity index (χ4v) is 2.65. The number of amides is 1. The summed E-state index contributed by atoms with van der Waals surface area (Å²) < 4.78 is 6.17. The van der Waals surface area contributed by atoms with Gasteiger partial charge in [-0.25, -0.2) is 0 Å². The predicted molar refractivity (Wildman–Crippen MR) is 95.4 cm³/mol. The number of halogens is 1. The van der Waals surface area contributed by atoms with Gasteiger partial charge in [0.25, 0.3) is 0 Å². The lowest BCUT2D eigenvalue weighted by Crippen LogP contribution is -2.11. The van der Waals surface area contributed by atoms with Crippen molar-refractivity contribution >= 4 is 27.5 Å². The molecule has 3 rings (SSSR count). The van der Waals surface area contributed by atoms with Crippen LogP contribution in [0.4, 0.5) is 5.69 Å². The Balaban J connectivity index is 1.48. The standard InChI is InChI=1S/C18H16BrN3O2/c19-14-8-4-9-15(12-14)20-16(23)10-5-11-17-21-18(22-24-17)13-6-2-1-3-7-13/h1-4,6-9,12H,5,10-11H2,(H,20,23). The summed E-state index contributed by atoms with van der Waals surface area (Å²) in [5.74, 6) is 1.09. The Hall–Kier alpha value is -2.47. The van der Waals surface area contributed by atoms with Crippen LogP contribution in [0.5, 0.6) is 0 Å². The van der Waals surface area contributed by atoms with Crippen LogP contribution < -0.4 is 5.32 Å². The predicted octanol–water partition coefficient (Wildman–Crippen LogP) is 4.46. The maximum absolute atomic E-state index is 11.9. The van der Waals surface area contributed by atoms with Gasteiger partial charge in [-0.1, -0.05) is 57.5 Å². The van der Waals surface area contributed by atoms with Gasteiger partial charge >= 0.3 is 0 Å². The lowest BCUT2D eigenvalue weighted by molar-refractivity contribution is -0.116. The van der Waals surface area contributed by atoms with Gasteiger partial charge in [-0.05, 0) is 24.6 Å². The quantitative estimate of drug-likeness (QED) is 0.679. The van der Waals surface area contributed by atoms with Crippen molar-refractivity contribution in [3.05, 3.63) is 65.0 Å². The fourth-order valence-electron chi connectivity index (χ4n) is 2.25. The van der Waals surface area contributed by atoms with Gasteiger partial charge in [0.2, 0.25) is 17.6 Å². The summed E-state index contributed by atoms with van der Waals surface area (Å²) in [4.78, 5) is 16.3. The number of hydrogen-bond donors (Lipinski definition) is 1. The third kappa shape index (κ3) is 4.52. The Morgan fingerprint density at radius 3 is 2.75 bits per heavy atom. The van der Waals surface area contributed by atoms with Crippen LogP contribution in [0, 0.1) is 0 Å². The minimum atomic E-state index is -0.0316. The molecule has 3 aromatic rings. The first-order valence-electron chi connectivity index (χ1n) is 7.64. The average Bonchev–Trinajstić information content (AvgIpc) is 3.04. The van der Waals surface area contributed by atoms with Crippen molar-refractivity contribution in [2.75, 3.05) is 5.32 Å². The number of aromatic nitrogens is 2. The van der Waals surface area contributed by atoms with Crippen LogP contribution in [-0.2, 0) is 11.2 Å². The molecule has 0 unspecified atom stereocenters. The van der Waals surface area contributed by atoms with E-state index >= 15 is 0 Å². The summed E-state index contributed by atoms with van der Waals surface area (Å²) in [5.41, 5.74) is 1.69. The zero-order chi connectivity index (χ0) is 16.8. The lowest BCUT2D eigenvalue weighted by Gasteiger charge is -2.04. The molecule has 1 heterocycles. The van der Waals surface area contributed by atoms with E-state index in [1.165, 1.54) is 0 Å². The number of nitrogens with zero attached hydrogens (tertiary/aromatic N) is 2. The Labute approximate surface area is 148 Å². The van der Waals surface area contributed by atoms with E-state index in [0.29, 0.717) is 31.0 Å². The van der Waals surface area contributed by atoms with Gasteiger partial charge < -0.3 is 9.84 Å². The zero-order valence-electron chi connectivity index (χ0n) is 12.9. The van der Waals surface area contributed by atoms with E-state index in [1.54, 1.807) is 0 Å². The van der Waals surface area contributed by atoms with Crippen molar-refractivity contribution in [1.82, 2.24) is 10.1 Å². The average molecular weight is 386 g/mol. The van der Waals surface area contributed by atoms with Gasteiger partial charge in [0.1, 0.15) is 0 Å². The van der Waals surface area contributed by atoms with Crippen molar-refractivity contribution < 1.29 is 9.32 Å². The Morgan fingerprint density at radius 1 is 1.12 bits per heavy atom. The fraction of sp³-hybridized carbons (Fsp3) is 0.167. The highest BCUT2D eigenvalue weighted by Crippen LogP contribution is 2.17. The summed E-state index contributed by atoms with van der Waals surface area (Å²) >= 11 is 3.38. The summed E-state index contributed by atoms with van der Waals surface area (Å²) in [6, 6.07) is 17.2. The van der Waals surface area contributed by atoms with E-state index in [0.717, 1.165) is 15.7 Å². The Bertz CT molecular complexity index is 818. The van der Waals surface area contributed by atoms with Crippen LogP contribution >= 0.6 is 15.9 Å². The second kappa shape index (κ2) is 7.88. The van der Waals surface area contributed by atoms with Gasteiger partial charge in [0.15, 0.2) is 0 Å². The molecule has 1 amide bonds. The number of carbonyl (C=O) groups excluding carboxylic acids is 1. The first kappa shape index (κ1) is 16.4. The molecule has 2 aromatic carbocycles. The van der Waals surface area contributed by atoms with E-state index in [2.05, 4.69) is 31.4 Å². The van der Waals surface area contributed by atoms with E-state index in [-0.39, 0.29) is 5.91 Å². The number of hydrogen-bond acceptors (Lipinski definition) is 4. The minimum Gasteiger partial charge on any atom is -0.339 e. The number of nitrogens with one attached hydrogen (secondary N) is 1. The molecule has 24 heavy (non-hydrogen) atoms. The first-order valence-corrected chi connectivity index (χ1v) is 8.43. The monoisotopic (exact) mass is 385 g/mol. The molecule has 122 valence electrons. The second-order valence-corrected chi connectivity index (χ2v) is 6.21. The molecule has 0 atom stereocenters. The van der Waals surface area contributed by atoms with Gasteiger partial charge in [-0.2, -0.15) is 4.98 Å². The molecule has 0 aliphatic carbocycles. The third-order valence-corrected chi connectivity index (χ3v) is 3.90. The number of rotatable bonds is 6. The molecular formula is C18H16BrN3O2. The van der Waals surface area contributed by atoms with Crippen molar-refractivity contribution in [3.63, 3.8) is 0 Å². The number of aryl methyl sites for hydroxylation is 1. The van der Waals surface area contributed by atoms with Gasteiger partial charge in [-0.15, -0.1) is 0 Å². The van der Waals surface area contributed by atoms with E-state index in [4.69, 9.17) is 4.52 Å². The van der Waals surface area contributed by atoms with E-state index in [1.807, 2.05) is 54.6 Å². The van der Waals surface area contributed by atoms with E-state index in [9.17, 15) is 4.79 Å². The topological polar surface area (TPSA) is 68.0 Å². The molecule has 1 N–H and O–H groups in total. The second-order valence-electron chi connectivity index (χ2n) is 5.29. The Morgan fingerprint density at radius 2 is 1.96 bits per heavy atom. The van der Waals surface area contributed by atoms with Gasteiger partial charge in [-0.3, -0.25) is 4.79 Å². The summed E-state index contributed by atoms with van der Waals surface area (Å²) in [5, 5.41) is 6.83. The highest BCUT2D eigenvalue weighted by molar-refractivity contribution is 9.10. The van der Waals surface area contributed by atoms with Crippen molar-refractivity contribution in [2.24, 2.45) is 0 Å². The minimum absolute atomic E-state index is 0.0316. The molecule has 0 bridgehead atoms. The molecule has 0 spiro atoms. The molecule has 0 saturated carbocycles. The molecule has 0 fully saturated rings. The van der Waals surface area contributed by atoms with Crippen molar-refractivity contribution in [2.45, 2.75) is 19.3 Å². The maximum atomic E-state index is 11.9. The van der Waals surface area contributed by atoms with E-state index < -0.39 is 0 Å². The van der Waals surface area contributed by atoms with Crippen LogP contribution in [0.2, 0.25) is 0 Å². The molecule has 6 heteroatoms. The number of carbonyl (C=O) groups is 1.